The predicted octanol–water partition coefficient (Wildman–Crippen LogP) is 10.7. The molecule has 9 rings (SSSR count). The molecule has 0 saturated carbocycles. The Hall–Kier alpha value is -5.60. The molecule has 0 fully saturated rings. The summed E-state index contributed by atoms with van der Waals surface area (Å²) in [5, 5.41) is 8.91. The van der Waals surface area contributed by atoms with Gasteiger partial charge in [0.2, 0.25) is 0 Å². The number of nitrogens with zero attached hydrogens (tertiary/aromatic N) is 2. The van der Waals surface area contributed by atoms with Crippen LogP contribution >= 0.6 is 0 Å². The fourth-order valence-electron chi connectivity index (χ4n) is 6.68. The zero-order chi connectivity index (χ0) is 27.6. The highest BCUT2D eigenvalue weighted by Crippen LogP contribution is 2.36. The predicted molar refractivity (Wildman–Crippen MR) is 178 cm³/mol. The van der Waals surface area contributed by atoms with Crippen molar-refractivity contribution in [3.8, 4) is 22.5 Å². The molecule has 196 valence electrons. The minimum absolute atomic E-state index is 1.17. The van der Waals surface area contributed by atoms with Crippen molar-refractivity contribution in [2.24, 2.45) is 0 Å². The lowest BCUT2D eigenvalue weighted by Crippen LogP contribution is -1.94. The molecule has 42 heavy (non-hydrogen) atoms. The zero-order valence-electron chi connectivity index (χ0n) is 22.9. The molecule has 0 aliphatic rings. The molecule has 0 N–H and O–H groups in total. The highest BCUT2D eigenvalue weighted by Gasteiger charge is 2.15. The maximum atomic E-state index is 2.40. The number of benzene rings is 7. The molecule has 7 aromatic carbocycles. The average molecular weight is 535 g/mol. The summed E-state index contributed by atoms with van der Waals surface area (Å²) in [4.78, 5) is 0. The Balaban J connectivity index is 1.18. The van der Waals surface area contributed by atoms with Crippen LogP contribution in [0.4, 0.5) is 0 Å². The third-order valence-electron chi connectivity index (χ3n) is 8.72. The van der Waals surface area contributed by atoms with Gasteiger partial charge in [-0.25, -0.2) is 0 Å². The van der Waals surface area contributed by atoms with E-state index < -0.39 is 0 Å². The molecule has 2 nitrogen and oxygen atoms in total. The molecule has 0 bridgehead atoms. The Labute approximate surface area is 243 Å². The van der Waals surface area contributed by atoms with Gasteiger partial charge in [-0.3, -0.25) is 0 Å². The fourth-order valence-corrected chi connectivity index (χ4v) is 6.68. The molecule has 2 heteroatoms. The molecule has 0 radical (unpaired) electrons. The van der Waals surface area contributed by atoms with Gasteiger partial charge in [0.1, 0.15) is 0 Å². The molecular weight excluding hydrogens is 508 g/mol. The summed E-state index contributed by atoms with van der Waals surface area (Å²) in [5.74, 6) is 0. The minimum atomic E-state index is 1.17. The van der Waals surface area contributed by atoms with Gasteiger partial charge in [0.05, 0.1) is 16.6 Å². The second kappa shape index (κ2) is 8.95. The van der Waals surface area contributed by atoms with Crippen LogP contribution < -0.4 is 0 Å². The van der Waals surface area contributed by atoms with Gasteiger partial charge in [-0.1, -0.05) is 97.1 Å². The summed E-state index contributed by atoms with van der Waals surface area (Å²) in [7, 11) is 0. The van der Waals surface area contributed by atoms with E-state index in [0.717, 1.165) is 0 Å². The van der Waals surface area contributed by atoms with Crippen LogP contribution in [0.3, 0.4) is 0 Å². The highest BCUT2D eigenvalue weighted by atomic mass is 15.0. The van der Waals surface area contributed by atoms with E-state index in [9.17, 15) is 0 Å². The average Bonchev–Trinajstić information content (AvgIpc) is 3.62. The van der Waals surface area contributed by atoms with Crippen LogP contribution in [0.15, 0.2) is 158 Å². The Morgan fingerprint density at radius 1 is 0.333 bits per heavy atom. The first-order chi connectivity index (χ1) is 20.8. The molecule has 2 heterocycles. The summed E-state index contributed by atoms with van der Waals surface area (Å²) in [5.41, 5.74) is 8.45. The van der Waals surface area contributed by atoms with Crippen LogP contribution in [0.25, 0.3) is 76.8 Å². The van der Waals surface area contributed by atoms with Gasteiger partial charge in [0, 0.05) is 33.7 Å². The standard InChI is InChI=1S/C40H26N2/c1-2-9-32(10-3-1)41-23-22-31-25-40-37(26-39(31)41)36-12-6-7-13-38(36)42(40)33-19-16-27(17-20-33)29-18-21-35-30(24-29)15-14-28-8-4-5-11-34(28)35/h1-26H. The van der Waals surface area contributed by atoms with E-state index in [-0.39, 0.29) is 0 Å². The second-order valence-corrected chi connectivity index (χ2v) is 11.1. The number of rotatable bonds is 3. The molecule has 0 aliphatic heterocycles. The maximum absolute atomic E-state index is 2.40. The third kappa shape index (κ3) is 3.45. The van der Waals surface area contributed by atoms with Gasteiger partial charge in [-0.2, -0.15) is 0 Å². The first-order valence-electron chi connectivity index (χ1n) is 14.4. The SMILES string of the molecule is c1ccc(-n2ccc3cc4c(cc32)c2ccccc2n4-c2ccc(-c3ccc4c(ccc5ccccc54)c3)cc2)cc1. The van der Waals surface area contributed by atoms with Crippen molar-refractivity contribution in [1.82, 2.24) is 9.13 Å². The van der Waals surface area contributed by atoms with E-state index in [0.29, 0.717) is 0 Å². The summed E-state index contributed by atoms with van der Waals surface area (Å²) in [6.07, 6.45) is 2.17. The first-order valence-corrected chi connectivity index (χ1v) is 14.4. The molecule has 0 unspecified atom stereocenters. The van der Waals surface area contributed by atoms with Crippen molar-refractivity contribution in [3.05, 3.63) is 158 Å². The molecule has 2 aromatic heterocycles. The van der Waals surface area contributed by atoms with Crippen LogP contribution in [0.2, 0.25) is 0 Å². The first kappa shape index (κ1) is 23.1. The third-order valence-corrected chi connectivity index (χ3v) is 8.72. The van der Waals surface area contributed by atoms with Crippen LogP contribution in [0, 0.1) is 0 Å². The lowest BCUT2D eigenvalue weighted by Gasteiger charge is -2.11. The molecule has 0 atom stereocenters. The topological polar surface area (TPSA) is 9.86 Å². The van der Waals surface area contributed by atoms with Gasteiger partial charge >= 0.3 is 0 Å². The van der Waals surface area contributed by atoms with E-state index in [4.69, 9.17) is 0 Å². The van der Waals surface area contributed by atoms with Gasteiger partial charge < -0.3 is 9.13 Å². The number of hydrogen-bond acceptors (Lipinski definition) is 0. The van der Waals surface area contributed by atoms with E-state index in [1.54, 1.807) is 0 Å². The lowest BCUT2D eigenvalue weighted by molar-refractivity contribution is 1.13. The maximum Gasteiger partial charge on any atom is 0.0548 e. The molecule has 9 aromatic rings. The Bertz CT molecular complexity index is 2440. The quantitative estimate of drug-likeness (QED) is 0.200. The smallest absolute Gasteiger partial charge is 0.0548 e. The molecule has 0 spiro atoms. The van der Waals surface area contributed by atoms with Gasteiger partial charge in [0.25, 0.3) is 0 Å². The Morgan fingerprint density at radius 3 is 1.93 bits per heavy atom. The van der Waals surface area contributed by atoms with Crippen LogP contribution in [0.1, 0.15) is 0 Å². The van der Waals surface area contributed by atoms with Gasteiger partial charge in [-0.05, 0) is 87.3 Å². The highest BCUT2D eigenvalue weighted by molar-refractivity contribution is 6.13. The van der Waals surface area contributed by atoms with Crippen LogP contribution in [-0.4, -0.2) is 9.13 Å². The number of hydrogen-bond donors (Lipinski definition) is 0. The molecule has 0 amide bonds. The summed E-state index contributed by atoms with van der Waals surface area (Å²) in [6.45, 7) is 0. The minimum Gasteiger partial charge on any atom is -0.317 e. The summed E-state index contributed by atoms with van der Waals surface area (Å²) in [6, 6.07) is 55.1. The number of fused-ring (bicyclic) bond motifs is 7. The summed E-state index contributed by atoms with van der Waals surface area (Å²) < 4.78 is 4.68. The van der Waals surface area contributed by atoms with Crippen molar-refractivity contribution >= 4 is 54.3 Å². The van der Waals surface area contributed by atoms with E-state index >= 15 is 0 Å². The Kier molecular flexibility index (Phi) is 4.93. The van der Waals surface area contributed by atoms with Crippen molar-refractivity contribution in [1.29, 1.82) is 0 Å². The Morgan fingerprint density at radius 2 is 1.05 bits per heavy atom. The normalized spacial score (nSPS) is 11.8. The molecular formula is C40H26N2. The van der Waals surface area contributed by atoms with Crippen LogP contribution in [-0.2, 0) is 0 Å². The molecule has 0 saturated heterocycles. The number of aromatic nitrogens is 2. The lowest BCUT2D eigenvalue weighted by atomic mass is 9.97. The van der Waals surface area contributed by atoms with Crippen molar-refractivity contribution < 1.29 is 0 Å². The van der Waals surface area contributed by atoms with E-state index in [1.807, 2.05) is 0 Å². The zero-order valence-corrected chi connectivity index (χ0v) is 22.9. The van der Waals surface area contributed by atoms with Gasteiger partial charge in [-0.15, -0.1) is 0 Å². The van der Waals surface area contributed by atoms with E-state index in [1.165, 1.54) is 76.8 Å². The monoisotopic (exact) mass is 534 g/mol. The van der Waals surface area contributed by atoms with Crippen molar-refractivity contribution in [2.75, 3.05) is 0 Å². The van der Waals surface area contributed by atoms with Crippen LogP contribution in [0.5, 0.6) is 0 Å². The fraction of sp³-hybridized carbons (Fsp3) is 0. The van der Waals surface area contributed by atoms with Crippen molar-refractivity contribution in [2.45, 2.75) is 0 Å². The summed E-state index contributed by atoms with van der Waals surface area (Å²) >= 11 is 0. The van der Waals surface area contributed by atoms with Crippen molar-refractivity contribution in [3.63, 3.8) is 0 Å². The number of para-hydroxylation sites is 2. The van der Waals surface area contributed by atoms with Gasteiger partial charge in [0.15, 0.2) is 0 Å². The largest absolute Gasteiger partial charge is 0.317 e. The second-order valence-electron chi connectivity index (χ2n) is 11.1. The van der Waals surface area contributed by atoms with E-state index in [2.05, 4.69) is 167 Å². The molecule has 0 aliphatic carbocycles.